The maximum atomic E-state index is 12.1. The number of benzene rings is 1. The van der Waals surface area contributed by atoms with Crippen LogP contribution in [-0.4, -0.2) is 38.2 Å². The van der Waals surface area contributed by atoms with Crippen LogP contribution < -0.4 is 10.5 Å². The molecule has 0 aliphatic rings. The van der Waals surface area contributed by atoms with Crippen molar-refractivity contribution < 1.29 is 13.2 Å². The molecule has 2 N–H and O–H groups in total. The van der Waals surface area contributed by atoms with E-state index in [1.165, 1.54) is 4.31 Å². The third-order valence-corrected chi connectivity index (χ3v) is 4.43. The summed E-state index contributed by atoms with van der Waals surface area (Å²) >= 11 is 0. The van der Waals surface area contributed by atoms with Crippen molar-refractivity contribution in [2.45, 2.75) is 13.3 Å². The number of nitrogens with zero attached hydrogens (tertiary/aromatic N) is 1. The lowest BCUT2D eigenvalue weighted by Gasteiger charge is -2.19. The van der Waals surface area contributed by atoms with Gasteiger partial charge in [-0.05, 0) is 18.6 Å². The third-order valence-electron chi connectivity index (χ3n) is 2.65. The summed E-state index contributed by atoms with van der Waals surface area (Å²) in [5.74, 6) is 2.73. The van der Waals surface area contributed by atoms with E-state index in [9.17, 15) is 8.42 Å². The van der Waals surface area contributed by atoms with Gasteiger partial charge in [0.05, 0.1) is 18.0 Å². The van der Waals surface area contributed by atoms with E-state index in [0.717, 1.165) is 0 Å². The van der Waals surface area contributed by atoms with Crippen LogP contribution in [0.5, 0.6) is 5.75 Å². The minimum Gasteiger partial charge on any atom is -0.490 e. The fourth-order valence-corrected chi connectivity index (χ4v) is 2.95. The van der Waals surface area contributed by atoms with Crippen molar-refractivity contribution in [3.63, 3.8) is 0 Å². The van der Waals surface area contributed by atoms with Gasteiger partial charge in [0.25, 0.3) is 0 Å². The smallest absolute Gasteiger partial charge is 0.218 e. The summed E-state index contributed by atoms with van der Waals surface area (Å²) in [6, 6.07) is 6.97. The van der Waals surface area contributed by atoms with Crippen LogP contribution in [0.25, 0.3) is 0 Å². The quantitative estimate of drug-likeness (QED) is 0.580. The van der Waals surface area contributed by atoms with Crippen molar-refractivity contribution in [2.75, 3.05) is 31.2 Å². The lowest BCUT2D eigenvalue weighted by molar-refractivity contribution is 0.337. The zero-order chi connectivity index (χ0) is 15.0. The second-order valence-corrected chi connectivity index (χ2v) is 6.33. The maximum Gasteiger partial charge on any atom is 0.218 e. The molecular weight excluding hydrogens is 276 g/mol. The van der Waals surface area contributed by atoms with Crippen LogP contribution in [0.3, 0.4) is 0 Å². The van der Waals surface area contributed by atoms with Crippen LogP contribution in [0, 0.1) is 12.3 Å². The highest BCUT2D eigenvalue weighted by molar-refractivity contribution is 7.89. The van der Waals surface area contributed by atoms with Gasteiger partial charge in [0.1, 0.15) is 12.4 Å². The third kappa shape index (κ3) is 4.76. The van der Waals surface area contributed by atoms with Crippen LogP contribution in [0.2, 0.25) is 0 Å². The Kier molecular flexibility index (Phi) is 6.36. The van der Waals surface area contributed by atoms with Crippen LogP contribution in [-0.2, 0) is 10.0 Å². The molecule has 1 rings (SSSR count). The number of ether oxygens (including phenoxy) is 1. The Labute approximate surface area is 120 Å². The van der Waals surface area contributed by atoms with E-state index in [2.05, 4.69) is 5.92 Å². The van der Waals surface area contributed by atoms with Gasteiger partial charge >= 0.3 is 0 Å². The number of anilines is 1. The van der Waals surface area contributed by atoms with E-state index in [-0.39, 0.29) is 18.9 Å². The largest absolute Gasteiger partial charge is 0.490 e. The molecule has 0 saturated carbocycles. The van der Waals surface area contributed by atoms with Gasteiger partial charge in [-0.25, -0.2) is 8.42 Å². The van der Waals surface area contributed by atoms with Gasteiger partial charge < -0.3 is 10.5 Å². The molecule has 0 fully saturated rings. The highest BCUT2D eigenvalue weighted by atomic mass is 32.2. The number of nitrogen functional groups attached to an aromatic ring is 1. The predicted molar refractivity (Wildman–Crippen MR) is 80.8 cm³/mol. The molecule has 0 unspecified atom stereocenters. The van der Waals surface area contributed by atoms with E-state index < -0.39 is 10.0 Å². The average Bonchev–Trinajstić information content (AvgIpc) is 2.40. The summed E-state index contributed by atoms with van der Waals surface area (Å²) in [6.45, 7) is 2.45. The molecule has 20 heavy (non-hydrogen) atoms. The van der Waals surface area contributed by atoms with Crippen molar-refractivity contribution in [1.29, 1.82) is 0 Å². The van der Waals surface area contributed by atoms with Gasteiger partial charge in [0.15, 0.2) is 0 Å². The van der Waals surface area contributed by atoms with Gasteiger partial charge in [0, 0.05) is 6.54 Å². The highest BCUT2D eigenvalue weighted by Crippen LogP contribution is 2.19. The summed E-state index contributed by atoms with van der Waals surface area (Å²) in [5, 5.41) is 0. The number of rotatable bonds is 8. The van der Waals surface area contributed by atoms with Gasteiger partial charge in [-0.1, -0.05) is 25.0 Å². The Morgan fingerprint density at radius 3 is 2.70 bits per heavy atom. The monoisotopic (exact) mass is 296 g/mol. The number of terminal acetylenes is 1. The van der Waals surface area contributed by atoms with Gasteiger partial charge in [-0.15, -0.1) is 6.42 Å². The Balaban J connectivity index is 2.59. The summed E-state index contributed by atoms with van der Waals surface area (Å²) in [4.78, 5) is 0. The predicted octanol–water partition coefficient (Wildman–Crippen LogP) is 1.32. The molecule has 5 nitrogen and oxygen atoms in total. The lowest BCUT2D eigenvalue weighted by Crippen LogP contribution is -2.35. The van der Waals surface area contributed by atoms with Gasteiger partial charge in [0.2, 0.25) is 10.0 Å². The first-order valence-corrected chi connectivity index (χ1v) is 8.00. The second kappa shape index (κ2) is 7.78. The van der Waals surface area contributed by atoms with Crippen LogP contribution in [0.4, 0.5) is 5.69 Å². The van der Waals surface area contributed by atoms with E-state index in [1.54, 1.807) is 24.3 Å². The summed E-state index contributed by atoms with van der Waals surface area (Å²) in [5.41, 5.74) is 6.20. The minimum atomic E-state index is -3.40. The molecule has 0 amide bonds. The Morgan fingerprint density at radius 2 is 2.10 bits per heavy atom. The average molecular weight is 296 g/mol. The highest BCUT2D eigenvalue weighted by Gasteiger charge is 2.20. The molecule has 0 spiro atoms. The standard InChI is InChI=1S/C14H20N2O3S/c1-3-9-16(10-4-2)20(17,18)12-11-19-14-8-6-5-7-13(14)15/h1,5-8H,4,9-12,15H2,2H3. The molecule has 110 valence electrons. The Morgan fingerprint density at radius 1 is 1.40 bits per heavy atom. The van der Waals surface area contributed by atoms with Crippen molar-refractivity contribution in [3.05, 3.63) is 24.3 Å². The summed E-state index contributed by atoms with van der Waals surface area (Å²) in [7, 11) is -3.40. The fraction of sp³-hybridized carbons (Fsp3) is 0.429. The first-order valence-electron chi connectivity index (χ1n) is 6.40. The second-order valence-electron chi connectivity index (χ2n) is 4.24. The topological polar surface area (TPSA) is 72.6 Å². The van der Waals surface area contributed by atoms with Crippen molar-refractivity contribution in [1.82, 2.24) is 4.31 Å². The van der Waals surface area contributed by atoms with Crippen LogP contribution in [0.1, 0.15) is 13.3 Å². The summed E-state index contributed by atoms with van der Waals surface area (Å²) in [6.07, 6.45) is 5.91. The number of nitrogens with two attached hydrogens (primary N) is 1. The van der Waals surface area contributed by atoms with Crippen LogP contribution in [0.15, 0.2) is 24.3 Å². The molecule has 1 aromatic rings. The summed E-state index contributed by atoms with van der Waals surface area (Å²) < 4.78 is 30.9. The van der Waals surface area contributed by atoms with Gasteiger partial charge in [-0.2, -0.15) is 4.31 Å². The number of para-hydroxylation sites is 2. The first-order chi connectivity index (χ1) is 9.51. The SMILES string of the molecule is C#CCN(CCC)S(=O)(=O)CCOc1ccccc1N. The van der Waals surface area contributed by atoms with E-state index >= 15 is 0 Å². The maximum absolute atomic E-state index is 12.1. The van der Waals surface area contributed by atoms with Crippen molar-refractivity contribution >= 4 is 15.7 Å². The molecule has 0 radical (unpaired) electrons. The Hall–Kier alpha value is -1.71. The molecule has 0 aromatic heterocycles. The van der Waals surface area contributed by atoms with E-state index in [0.29, 0.717) is 24.4 Å². The minimum absolute atomic E-state index is 0.0430. The zero-order valence-electron chi connectivity index (χ0n) is 11.6. The number of hydrogen-bond acceptors (Lipinski definition) is 4. The first kappa shape index (κ1) is 16.3. The van der Waals surface area contributed by atoms with Crippen molar-refractivity contribution in [3.8, 4) is 18.1 Å². The molecule has 0 atom stereocenters. The fourth-order valence-electron chi connectivity index (χ4n) is 1.67. The van der Waals surface area contributed by atoms with Crippen LogP contribution >= 0.6 is 0 Å². The zero-order valence-corrected chi connectivity index (χ0v) is 12.4. The molecule has 0 bridgehead atoms. The molecule has 0 aliphatic carbocycles. The van der Waals surface area contributed by atoms with E-state index in [4.69, 9.17) is 16.9 Å². The lowest BCUT2D eigenvalue weighted by atomic mass is 10.3. The van der Waals surface area contributed by atoms with Crippen molar-refractivity contribution in [2.24, 2.45) is 0 Å². The van der Waals surface area contributed by atoms with E-state index in [1.807, 2.05) is 6.92 Å². The molecular formula is C14H20N2O3S. The number of hydrogen-bond donors (Lipinski definition) is 1. The molecule has 0 aliphatic heterocycles. The molecule has 1 aromatic carbocycles. The Bertz CT molecular complexity index is 564. The van der Waals surface area contributed by atoms with Gasteiger partial charge in [-0.3, -0.25) is 0 Å². The molecule has 0 heterocycles. The number of sulfonamides is 1. The molecule has 6 heteroatoms. The molecule has 0 saturated heterocycles. The normalized spacial score (nSPS) is 11.2.